The van der Waals surface area contributed by atoms with Crippen LogP contribution >= 0.6 is 0 Å². The van der Waals surface area contributed by atoms with E-state index in [0.717, 1.165) is 22.6 Å². The molecule has 0 aliphatic heterocycles. The monoisotopic (exact) mass is 284 g/mol. The Labute approximate surface area is 125 Å². The van der Waals surface area contributed by atoms with Gasteiger partial charge in [-0.05, 0) is 43.2 Å². The molecule has 1 unspecified atom stereocenters. The number of hydrogen-bond donors (Lipinski definition) is 2. The van der Waals surface area contributed by atoms with Crippen molar-refractivity contribution in [1.29, 1.82) is 0 Å². The lowest BCUT2D eigenvalue weighted by Gasteiger charge is -2.16. The van der Waals surface area contributed by atoms with E-state index < -0.39 is 0 Å². The third kappa shape index (κ3) is 3.99. The number of methoxy groups -OCH3 is 1. The van der Waals surface area contributed by atoms with Gasteiger partial charge in [-0.25, -0.2) is 4.79 Å². The molecule has 21 heavy (non-hydrogen) atoms. The van der Waals surface area contributed by atoms with Gasteiger partial charge in [0, 0.05) is 5.69 Å². The molecule has 4 nitrogen and oxygen atoms in total. The fourth-order valence-corrected chi connectivity index (χ4v) is 2.04. The molecule has 2 aromatic rings. The molecule has 2 amide bonds. The molecule has 0 heterocycles. The normalized spacial score (nSPS) is 11.6. The maximum absolute atomic E-state index is 12.0. The first-order valence-electron chi connectivity index (χ1n) is 6.87. The molecule has 0 fully saturated rings. The molecule has 110 valence electrons. The number of aryl methyl sites for hydroxylation is 1. The predicted molar refractivity (Wildman–Crippen MR) is 84.7 cm³/mol. The highest BCUT2D eigenvalue weighted by Crippen LogP contribution is 2.18. The Kier molecular flexibility index (Phi) is 4.82. The predicted octanol–water partition coefficient (Wildman–Crippen LogP) is 3.89. The SMILES string of the molecule is COc1ccc(C(C)NC(=O)Nc2ccccc2C)cc1. The van der Waals surface area contributed by atoms with E-state index in [-0.39, 0.29) is 12.1 Å². The topological polar surface area (TPSA) is 50.4 Å². The van der Waals surface area contributed by atoms with Gasteiger partial charge in [0.05, 0.1) is 13.2 Å². The van der Waals surface area contributed by atoms with E-state index in [1.54, 1.807) is 7.11 Å². The van der Waals surface area contributed by atoms with Crippen molar-refractivity contribution in [3.63, 3.8) is 0 Å². The van der Waals surface area contributed by atoms with Crippen molar-refractivity contribution in [3.05, 3.63) is 59.7 Å². The van der Waals surface area contributed by atoms with Crippen LogP contribution < -0.4 is 15.4 Å². The number of amides is 2. The number of benzene rings is 2. The highest BCUT2D eigenvalue weighted by Gasteiger charge is 2.10. The summed E-state index contributed by atoms with van der Waals surface area (Å²) in [5.74, 6) is 0.801. The maximum atomic E-state index is 12.0. The van der Waals surface area contributed by atoms with E-state index in [1.165, 1.54) is 0 Å². The quantitative estimate of drug-likeness (QED) is 0.895. The summed E-state index contributed by atoms with van der Waals surface area (Å²) in [5.41, 5.74) is 2.87. The number of nitrogens with one attached hydrogen (secondary N) is 2. The summed E-state index contributed by atoms with van der Waals surface area (Å²) in [6.45, 7) is 3.90. The second-order valence-corrected chi connectivity index (χ2v) is 4.91. The Morgan fingerprint density at radius 2 is 1.76 bits per heavy atom. The number of carbonyl (C=O) groups excluding carboxylic acids is 1. The molecule has 0 aliphatic carbocycles. The summed E-state index contributed by atoms with van der Waals surface area (Å²) in [6, 6.07) is 15.0. The zero-order valence-corrected chi connectivity index (χ0v) is 12.5. The largest absolute Gasteiger partial charge is 0.497 e. The minimum Gasteiger partial charge on any atom is -0.497 e. The van der Waals surface area contributed by atoms with Crippen molar-refractivity contribution in [2.45, 2.75) is 19.9 Å². The first-order valence-corrected chi connectivity index (χ1v) is 6.87. The van der Waals surface area contributed by atoms with Crippen molar-refractivity contribution in [3.8, 4) is 5.75 Å². The van der Waals surface area contributed by atoms with Crippen LogP contribution in [0.2, 0.25) is 0 Å². The molecule has 0 saturated carbocycles. The number of anilines is 1. The van der Waals surface area contributed by atoms with Crippen LogP contribution in [0, 0.1) is 6.92 Å². The molecule has 0 saturated heterocycles. The number of rotatable bonds is 4. The van der Waals surface area contributed by atoms with E-state index in [1.807, 2.05) is 62.4 Å². The minimum absolute atomic E-state index is 0.0834. The number of para-hydroxylation sites is 1. The van der Waals surface area contributed by atoms with Crippen LogP contribution in [0.3, 0.4) is 0 Å². The van der Waals surface area contributed by atoms with Crippen molar-refractivity contribution < 1.29 is 9.53 Å². The van der Waals surface area contributed by atoms with Gasteiger partial charge in [0.15, 0.2) is 0 Å². The molecular formula is C17H20N2O2. The van der Waals surface area contributed by atoms with Gasteiger partial charge in [0.2, 0.25) is 0 Å². The summed E-state index contributed by atoms with van der Waals surface area (Å²) < 4.78 is 5.12. The number of ether oxygens (including phenoxy) is 1. The minimum atomic E-state index is -0.215. The fourth-order valence-electron chi connectivity index (χ4n) is 2.04. The number of carbonyl (C=O) groups is 1. The van der Waals surface area contributed by atoms with Gasteiger partial charge >= 0.3 is 6.03 Å². The zero-order chi connectivity index (χ0) is 15.2. The van der Waals surface area contributed by atoms with E-state index in [9.17, 15) is 4.79 Å². The van der Waals surface area contributed by atoms with Crippen LogP contribution in [0.25, 0.3) is 0 Å². The maximum Gasteiger partial charge on any atom is 0.319 e. The van der Waals surface area contributed by atoms with Crippen LogP contribution in [0.1, 0.15) is 24.1 Å². The first-order chi connectivity index (χ1) is 10.1. The zero-order valence-electron chi connectivity index (χ0n) is 12.5. The van der Waals surface area contributed by atoms with E-state index in [0.29, 0.717) is 0 Å². The van der Waals surface area contributed by atoms with Gasteiger partial charge in [-0.2, -0.15) is 0 Å². The van der Waals surface area contributed by atoms with Gasteiger partial charge in [0.25, 0.3) is 0 Å². The second kappa shape index (κ2) is 6.79. The van der Waals surface area contributed by atoms with Crippen molar-refractivity contribution in [2.75, 3.05) is 12.4 Å². The molecule has 0 bridgehead atoms. The molecule has 1 atom stereocenters. The highest BCUT2D eigenvalue weighted by atomic mass is 16.5. The Hall–Kier alpha value is -2.49. The summed E-state index contributed by atoms with van der Waals surface area (Å²) in [4.78, 5) is 12.0. The molecule has 2 rings (SSSR count). The Morgan fingerprint density at radius 1 is 1.10 bits per heavy atom. The first kappa shape index (κ1) is 14.9. The molecule has 0 radical (unpaired) electrons. The van der Waals surface area contributed by atoms with Crippen LogP contribution in [0.15, 0.2) is 48.5 Å². The molecular weight excluding hydrogens is 264 g/mol. The molecule has 0 aromatic heterocycles. The molecule has 4 heteroatoms. The van der Waals surface area contributed by atoms with Crippen LogP contribution in [0.4, 0.5) is 10.5 Å². The average Bonchev–Trinajstić information content (AvgIpc) is 2.49. The lowest BCUT2D eigenvalue weighted by molar-refractivity contribution is 0.249. The van der Waals surface area contributed by atoms with E-state index in [4.69, 9.17) is 4.74 Å². The number of hydrogen-bond acceptors (Lipinski definition) is 2. The summed E-state index contributed by atoms with van der Waals surface area (Å²) in [7, 11) is 1.63. The standard InChI is InChI=1S/C17H20N2O2/c1-12-6-4-5-7-16(12)19-17(20)18-13(2)14-8-10-15(21-3)11-9-14/h4-11,13H,1-3H3,(H2,18,19,20). The number of urea groups is 1. The van der Waals surface area contributed by atoms with Crippen LogP contribution in [-0.4, -0.2) is 13.1 Å². The third-order valence-electron chi connectivity index (χ3n) is 3.36. The van der Waals surface area contributed by atoms with Crippen molar-refractivity contribution in [1.82, 2.24) is 5.32 Å². The van der Waals surface area contributed by atoms with Gasteiger partial charge in [-0.15, -0.1) is 0 Å². The smallest absolute Gasteiger partial charge is 0.319 e. The highest BCUT2D eigenvalue weighted by molar-refractivity contribution is 5.90. The van der Waals surface area contributed by atoms with Gasteiger partial charge < -0.3 is 15.4 Å². The summed E-state index contributed by atoms with van der Waals surface area (Å²) in [6.07, 6.45) is 0. The van der Waals surface area contributed by atoms with Crippen molar-refractivity contribution >= 4 is 11.7 Å². The second-order valence-electron chi connectivity index (χ2n) is 4.91. The summed E-state index contributed by atoms with van der Waals surface area (Å²) in [5, 5.41) is 5.78. The average molecular weight is 284 g/mol. The lowest BCUT2D eigenvalue weighted by atomic mass is 10.1. The van der Waals surface area contributed by atoms with E-state index >= 15 is 0 Å². The van der Waals surface area contributed by atoms with Crippen molar-refractivity contribution in [2.24, 2.45) is 0 Å². The van der Waals surface area contributed by atoms with Gasteiger partial charge in [-0.3, -0.25) is 0 Å². The lowest BCUT2D eigenvalue weighted by Crippen LogP contribution is -2.31. The van der Waals surface area contributed by atoms with Gasteiger partial charge in [-0.1, -0.05) is 30.3 Å². The molecule has 0 spiro atoms. The Morgan fingerprint density at radius 3 is 2.38 bits per heavy atom. The molecule has 2 aromatic carbocycles. The Balaban J connectivity index is 1.97. The fraction of sp³-hybridized carbons (Fsp3) is 0.235. The van der Waals surface area contributed by atoms with E-state index in [2.05, 4.69) is 10.6 Å². The summed E-state index contributed by atoms with van der Waals surface area (Å²) >= 11 is 0. The van der Waals surface area contributed by atoms with Crippen LogP contribution in [-0.2, 0) is 0 Å². The third-order valence-corrected chi connectivity index (χ3v) is 3.36. The molecule has 0 aliphatic rings. The Bertz CT molecular complexity index is 608. The molecule has 2 N–H and O–H groups in total. The van der Waals surface area contributed by atoms with Gasteiger partial charge in [0.1, 0.15) is 5.75 Å². The van der Waals surface area contributed by atoms with Crippen LogP contribution in [0.5, 0.6) is 5.75 Å².